The molecule has 0 radical (unpaired) electrons. The maximum atomic E-state index is 9.16. The minimum Gasteiger partial charge on any atom is -0.497 e. The number of methoxy groups -OCH3 is 1. The van der Waals surface area contributed by atoms with Crippen LogP contribution < -0.4 is 10.1 Å². The second kappa shape index (κ2) is 5.77. The van der Waals surface area contributed by atoms with Crippen molar-refractivity contribution in [2.45, 2.75) is 6.92 Å². The number of rotatable bonds is 3. The highest BCUT2D eigenvalue weighted by molar-refractivity contribution is 9.10. The van der Waals surface area contributed by atoms with Crippen LogP contribution in [0.15, 0.2) is 40.9 Å². The number of benzene rings is 2. The van der Waals surface area contributed by atoms with Gasteiger partial charge in [-0.05, 0) is 52.7 Å². The summed E-state index contributed by atoms with van der Waals surface area (Å²) in [4.78, 5) is 0. The number of hydrogen-bond acceptors (Lipinski definition) is 3. The fourth-order valence-electron chi connectivity index (χ4n) is 1.73. The van der Waals surface area contributed by atoms with E-state index in [0.29, 0.717) is 5.56 Å². The molecule has 0 saturated heterocycles. The summed E-state index contributed by atoms with van der Waals surface area (Å²) >= 11 is 3.48. The smallest absolute Gasteiger partial charge is 0.121 e. The van der Waals surface area contributed by atoms with Crippen LogP contribution in [0.2, 0.25) is 0 Å². The number of nitrogens with one attached hydrogen (secondary N) is 1. The van der Waals surface area contributed by atoms with Gasteiger partial charge in [-0.3, -0.25) is 0 Å². The Hall–Kier alpha value is -1.99. The van der Waals surface area contributed by atoms with Crippen LogP contribution in [0.4, 0.5) is 11.4 Å². The Balaban J connectivity index is 2.39. The third kappa shape index (κ3) is 3.07. The lowest BCUT2D eigenvalue weighted by molar-refractivity contribution is 0.415. The summed E-state index contributed by atoms with van der Waals surface area (Å²) in [6.45, 7) is 1.96. The Morgan fingerprint density at radius 3 is 2.63 bits per heavy atom. The van der Waals surface area contributed by atoms with E-state index in [2.05, 4.69) is 27.3 Å². The fraction of sp³-hybridized carbons (Fsp3) is 0.133. The molecule has 3 nitrogen and oxygen atoms in total. The van der Waals surface area contributed by atoms with Crippen LogP contribution in [0.5, 0.6) is 5.75 Å². The molecule has 2 rings (SSSR count). The van der Waals surface area contributed by atoms with Gasteiger partial charge < -0.3 is 10.1 Å². The number of nitriles is 1. The second-order valence-corrected chi connectivity index (χ2v) is 4.99. The monoisotopic (exact) mass is 316 g/mol. The van der Waals surface area contributed by atoms with Crippen LogP contribution in [-0.2, 0) is 0 Å². The van der Waals surface area contributed by atoms with Gasteiger partial charge in [0.1, 0.15) is 11.8 Å². The molecule has 0 fully saturated rings. The molecule has 0 atom stereocenters. The summed E-state index contributed by atoms with van der Waals surface area (Å²) in [5, 5.41) is 12.4. The SMILES string of the molecule is COc1ccc(Br)c(Nc2ccc(C)cc2C#N)c1. The van der Waals surface area contributed by atoms with Crippen molar-refractivity contribution in [2.75, 3.05) is 12.4 Å². The lowest BCUT2D eigenvalue weighted by Gasteiger charge is -2.12. The van der Waals surface area contributed by atoms with Crippen molar-refractivity contribution in [3.63, 3.8) is 0 Å². The zero-order valence-corrected chi connectivity index (χ0v) is 12.3. The summed E-state index contributed by atoms with van der Waals surface area (Å²) in [7, 11) is 1.62. The molecule has 96 valence electrons. The highest BCUT2D eigenvalue weighted by atomic mass is 79.9. The van der Waals surface area contributed by atoms with E-state index >= 15 is 0 Å². The minimum absolute atomic E-state index is 0.620. The maximum Gasteiger partial charge on any atom is 0.121 e. The normalized spacial score (nSPS) is 9.79. The largest absolute Gasteiger partial charge is 0.497 e. The van der Waals surface area contributed by atoms with Gasteiger partial charge in [-0.15, -0.1) is 0 Å². The van der Waals surface area contributed by atoms with Gasteiger partial charge in [-0.2, -0.15) is 5.26 Å². The summed E-state index contributed by atoms with van der Waals surface area (Å²) in [5.41, 5.74) is 3.32. The molecule has 0 amide bonds. The predicted octanol–water partition coefficient (Wildman–Crippen LogP) is 4.38. The molecule has 4 heteroatoms. The molecule has 0 unspecified atom stereocenters. The van der Waals surface area contributed by atoms with E-state index < -0.39 is 0 Å². The van der Waals surface area contributed by atoms with Crippen molar-refractivity contribution in [3.8, 4) is 11.8 Å². The van der Waals surface area contributed by atoms with Crippen LogP contribution in [0, 0.1) is 18.3 Å². The van der Waals surface area contributed by atoms with Crippen molar-refractivity contribution in [1.82, 2.24) is 0 Å². The Morgan fingerprint density at radius 1 is 1.16 bits per heavy atom. The molecule has 0 heterocycles. The molecule has 0 aliphatic heterocycles. The quantitative estimate of drug-likeness (QED) is 0.913. The fourth-order valence-corrected chi connectivity index (χ4v) is 2.08. The number of ether oxygens (including phenoxy) is 1. The van der Waals surface area contributed by atoms with Gasteiger partial charge in [0.2, 0.25) is 0 Å². The Morgan fingerprint density at radius 2 is 1.95 bits per heavy atom. The first-order chi connectivity index (χ1) is 9.13. The number of hydrogen-bond donors (Lipinski definition) is 1. The van der Waals surface area contributed by atoms with E-state index in [1.54, 1.807) is 7.11 Å². The average molecular weight is 317 g/mol. The van der Waals surface area contributed by atoms with E-state index in [1.165, 1.54) is 0 Å². The number of nitrogens with zero attached hydrogens (tertiary/aromatic N) is 1. The summed E-state index contributed by atoms with van der Waals surface area (Å²) in [6.07, 6.45) is 0. The molecular weight excluding hydrogens is 304 g/mol. The molecule has 2 aromatic rings. The van der Waals surface area contributed by atoms with Crippen molar-refractivity contribution in [2.24, 2.45) is 0 Å². The van der Waals surface area contributed by atoms with Gasteiger partial charge in [-0.1, -0.05) is 6.07 Å². The van der Waals surface area contributed by atoms with Gasteiger partial charge >= 0.3 is 0 Å². The van der Waals surface area contributed by atoms with Crippen molar-refractivity contribution >= 4 is 27.3 Å². The van der Waals surface area contributed by atoms with Crippen LogP contribution in [0.3, 0.4) is 0 Å². The van der Waals surface area contributed by atoms with E-state index in [4.69, 9.17) is 10.00 Å². The minimum atomic E-state index is 0.620. The van der Waals surface area contributed by atoms with Crippen molar-refractivity contribution in [1.29, 1.82) is 5.26 Å². The third-order valence-corrected chi connectivity index (χ3v) is 3.43. The summed E-state index contributed by atoms with van der Waals surface area (Å²) < 4.78 is 6.11. The van der Waals surface area contributed by atoms with Gasteiger partial charge in [0.25, 0.3) is 0 Å². The Kier molecular flexibility index (Phi) is 4.08. The molecule has 0 saturated carbocycles. The van der Waals surface area contributed by atoms with E-state index in [1.807, 2.05) is 43.3 Å². The first kappa shape index (κ1) is 13.4. The molecular formula is C15H13BrN2O. The maximum absolute atomic E-state index is 9.16. The Bertz CT molecular complexity index is 647. The molecule has 0 aliphatic carbocycles. The van der Waals surface area contributed by atoms with E-state index in [0.717, 1.165) is 27.2 Å². The second-order valence-electron chi connectivity index (χ2n) is 4.13. The molecule has 0 aliphatic rings. The predicted molar refractivity (Wildman–Crippen MR) is 79.9 cm³/mol. The molecule has 0 aromatic heterocycles. The van der Waals surface area contributed by atoms with Crippen LogP contribution in [-0.4, -0.2) is 7.11 Å². The lowest BCUT2D eigenvalue weighted by atomic mass is 10.1. The first-order valence-corrected chi connectivity index (χ1v) is 6.54. The molecule has 19 heavy (non-hydrogen) atoms. The van der Waals surface area contributed by atoms with Crippen LogP contribution in [0.1, 0.15) is 11.1 Å². The van der Waals surface area contributed by atoms with Crippen molar-refractivity contribution < 1.29 is 4.74 Å². The Labute approximate surface area is 121 Å². The van der Waals surface area contributed by atoms with E-state index in [-0.39, 0.29) is 0 Å². The number of halogens is 1. The topological polar surface area (TPSA) is 45.0 Å². The molecule has 0 bridgehead atoms. The van der Waals surface area contributed by atoms with Gasteiger partial charge in [0.05, 0.1) is 24.0 Å². The number of aryl methyl sites for hydroxylation is 1. The average Bonchev–Trinajstić information content (AvgIpc) is 2.43. The lowest BCUT2D eigenvalue weighted by Crippen LogP contribution is -1.96. The first-order valence-electron chi connectivity index (χ1n) is 5.75. The molecule has 1 N–H and O–H groups in total. The summed E-state index contributed by atoms with van der Waals surface area (Å²) in [6, 6.07) is 13.6. The van der Waals surface area contributed by atoms with Crippen molar-refractivity contribution in [3.05, 3.63) is 52.0 Å². The van der Waals surface area contributed by atoms with Gasteiger partial charge in [0.15, 0.2) is 0 Å². The zero-order chi connectivity index (χ0) is 13.8. The van der Waals surface area contributed by atoms with Gasteiger partial charge in [-0.25, -0.2) is 0 Å². The highest BCUT2D eigenvalue weighted by Crippen LogP contribution is 2.31. The third-order valence-electron chi connectivity index (χ3n) is 2.74. The van der Waals surface area contributed by atoms with Gasteiger partial charge in [0, 0.05) is 10.5 Å². The van der Waals surface area contributed by atoms with Crippen LogP contribution in [0.25, 0.3) is 0 Å². The number of anilines is 2. The zero-order valence-electron chi connectivity index (χ0n) is 10.7. The van der Waals surface area contributed by atoms with E-state index in [9.17, 15) is 0 Å². The molecule has 2 aromatic carbocycles. The molecule has 0 spiro atoms. The highest BCUT2D eigenvalue weighted by Gasteiger charge is 2.06. The van der Waals surface area contributed by atoms with Crippen LogP contribution >= 0.6 is 15.9 Å². The summed E-state index contributed by atoms with van der Waals surface area (Å²) in [5.74, 6) is 0.760. The standard InChI is InChI=1S/C15H13BrN2O/c1-10-3-6-14(11(7-10)9-17)18-15-8-12(19-2)4-5-13(15)16/h3-8,18H,1-2H3.